The molecule has 1 aliphatic rings. The van der Waals surface area contributed by atoms with Crippen molar-refractivity contribution in [3.05, 3.63) is 54.3 Å². The average Bonchev–Trinajstić information content (AvgIpc) is 3.26. The first-order valence-electron chi connectivity index (χ1n) is 9.73. The van der Waals surface area contributed by atoms with E-state index < -0.39 is 0 Å². The SMILES string of the molecule is CCOc1ccc(Nc2nc(Nc3ccc(F)cc3)nc(N3CCCC3)n2)cc1. The van der Waals surface area contributed by atoms with E-state index in [0.29, 0.717) is 30.1 Å². The van der Waals surface area contributed by atoms with Gasteiger partial charge >= 0.3 is 0 Å². The van der Waals surface area contributed by atoms with Gasteiger partial charge in [-0.3, -0.25) is 0 Å². The van der Waals surface area contributed by atoms with Gasteiger partial charge in [0.1, 0.15) is 11.6 Å². The highest BCUT2D eigenvalue weighted by Crippen LogP contribution is 2.23. The lowest BCUT2D eigenvalue weighted by atomic mass is 10.3. The molecule has 0 aliphatic carbocycles. The molecule has 0 radical (unpaired) electrons. The number of anilines is 5. The maximum absolute atomic E-state index is 13.2. The Morgan fingerprint density at radius 3 is 1.97 bits per heavy atom. The van der Waals surface area contributed by atoms with Crippen LogP contribution in [0.4, 0.5) is 33.6 Å². The van der Waals surface area contributed by atoms with E-state index >= 15 is 0 Å². The minimum Gasteiger partial charge on any atom is -0.494 e. The zero-order chi connectivity index (χ0) is 20.1. The van der Waals surface area contributed by atoms with Crippen molar-refractivity contribution >= 4 is 29.2 Å². The van der Waals surface area contributed by atoms with Gasteiger partial charge in [-0.15, -0.1) is 0 Å². The predicted octanol–water partition coefficient (Wildman–Crippen LogP) is 4.50. The topological polar surface area (TPSA) is 75.2 Å². The number of nitrogens with zero attached hydrogens (tertiary/aromatic N) is 4. The molecule has 0 unspecified atom stereocenters. The molecule has 3 aromatic rings. The molecule has 8 heteroatoms. The molecule has 1 aliphatic heterocycles. The second-order valence-corrected chi connectivity index (χ2v) is 6.69. The van der Waals surface area contributed by atoms with Gasteiger partial charge < -0.3 is 20.3 Å². The van der Waals surface area contributed by atoms with E-state index in [1.54, 1.807) is 12.1 Å². The summed E-state index contributed by atoms with van der Waals surface area (Å²) in [6, 6.07) is 13.7. The molecule has 0 saturated carbocycles. The van der Waals surface area contributed by atoms with Crippen LogP contribution in [0.1, 0.15) is 19.8 Å². The zero-order valence-electron chi connectivity index (χ0n) is 16.2. The molecule has 1 aromatic heterocycles. The number of nitrogens with one attached hydrogen (secondary N) is 2. The number of hydrogen-bond donors (Lipinski definition) is 2. The number of benzene rings is 2. The summed E-state index contributed by atoms with van der Waals surface area (Å²) in [6.45, 7) is 4.41. The molecule has 2 N–H and O–H groups in total. The van der Waals surface area contributed by atoms with Crippen molar-refractivity contribution in [3.8, 4) is 5.75 Å². The van der Waals surface area contributed by atoms with Crippen molar-refractivity contribution in [2.45, 2.75) is 19.8 Å². The van der Waals surface area contributed by atoms with E-state index in [4.69, 9.17) is 4.74 Å². The van der Waals surface area contributed by atoms with Gasteiger partial charge in [0.2, 0.25) is 17.8 Å². The quantitative estimate of drug-likeness (QED) is 0.611. The summed E-state index contributed by atoms with van der Waals surface area (Å²) in [4.78, 5) is 15.8. The summed E-state index contributed by atoms with van der Waals surface area (Å²) < 4.78 is 18.7. The van der Waals surface area contributed by atoms with E-state index in [2.05, 4.69) is 30.5 Å². The fraction of sp³-hybridized carbons (Fsp3) is 0.286. The van der Waals surface area contributed by atoms with Crippen LogP contribution >= 0.6 is 0 Å². The Labute approximate surface area is 169 Å². The van der Waals surface area contributed by atoms with Crippen LogP contribution in [0.25, 0.3) is 0 Å². The molecular formula is C21H23FN6O. The predicted molar refractivity (Wildman–Crippen MR) is 112 cm³/mol. The standard InChI is InChI=1S/C21H23FN6O/c1-2-29-18-11-9-17(10-12-18)24-20-25-19(23-16-7-5-15(22)6-8-16)26-21(27-20)28-13-3-4-14-28/h5-12H,2-4,13-14H2,1H3,(H2,23,24,25,26,27). The lowest BCUT2D eigenvalue weighted by Gasteiger charge is -2.17. The van der Waals surface area contributed by atoms with Gasteiger partial charge in [0.15, 0.2) is 0 Å². The molecule has 0 bridgehead atoms. The van der Waals surface area contributed by atoms with Crippen LogP contribution in [0.3, 0.4) is 0 Å². The molecule has 0 amide bonds. The number of halogens is 1. The number of aromatic nitrogens is 3. The fourth-order valence-corrected chi connectivity index (χ4v) is 3.13. The highest BCUT2D eigenvalue weighted by Gasteiger charge is 2.17. The molecule has 1 fully saturated rings. The van der Waals surface area contributed by atoms with Crippen LogP contribution in [0.2, 0.25) is 0 Å². The summed E-state index contributed by atoms with van der Waals surface area (Å²) in [5.41, 5.74) is 1.55. The highest BCUT2D eigenvalue weighted by molar-refractivity contribution is 5.60. The summed E-state index contributed by atoms with van der Waals surface area (Å²) in [5, 5.41) is 6.36. The van der Waals surface area contributed by atoms with Crippen molar-refractivity contribution in [1.29, 1.82) is 0 Å². The maximum Gasteiger partial charge on any atom is 0.233 e. The zero-order valence-corrected chi connectivity index (χ0v) is 16.2. The third-order valence-electron chi connectivity index (χ3n) is 4.53. The average molecular weight is 394 g/mol. The van der Waals surface area contributed by atoms with Crippen LogP contribution in [-0.4, -0.2) is 34.6 Å². The fourth-order valence-electron chi connectivity index (χ4n) is 3.13. The highest BCUT2D eigenvalue weighted by atomic mass is 19.1. The summed E-state index contributed by atoms with van der Waals surface area (Å²) in [7, 11) is 0. The first-order chi connectivity index (χ1) is 14.2. The van der Waals surface area contributed by atoms with Crippen LogP contribution in [0.5, 0.6) is 5.75 Å². The Bertz CT molecular complexity index is 942. The van der Waals surface area contributed by atoms with E-state index in [1.807, 2.05) is 31.2 Å². The Kier molecular flexibility index (Phi) is 5.69. The van der Waals surface area contributed by atoms with Gasteiger partial charge in [-0.1, -0.05) is 0 Å². The third kappa shape index (κ3) is 4.90. The minimum atomic E-state index is -0.290. The number of ether oxygens (including phenoxy) is 1. The smallest absolute Gasteiger partial charge is 0.233 e. The normalized spacial score (nSPS) is 13.4. The Morgan fingerprint density at radius 2 is 1.41 bits per heavy atom. The molecule has 0 atom stereocenters. The Balaban J connectivity index is 1.59. The second-order valence-electron chi connectivity index (χ2n) is 6.69. The number of hydrogen-bond acceptors (Lipinski definition) is 7. The molecule has 0 spiro atoms. The Morgan fingerprint density at radius 1 is 0.862 bits per heavy atom. The molecule has 2 heterocycles. The summed E-state index contributed by atoms with van der Waals surface area (Å²) in [6.07, 6.45) is 2.24. The number of rotatable bonds is 7. The molecule has 2 aromatic carbocycles. The summed E-state index contributed by atoms with van der Waals surface area (Å²) in [5.74, 6) is 1.99. The Hall–Kier alpha value is -3.42. The van der Waals surface area contributed by atoms with Crippen molar-refractivity contribution in [2.75, 3.05) is 35.2 Å². The summed E-state index contributed by atoms with van der Waals surface area (Å²) >= 11 is 0. The molecule has 4 rings (SSSR count). The molecule has 1 saturated heterocycles. The second kappa shape index (κ2) is 8.72. The molecule has 150 valence electrons. The maximum atomic E-state index is 13.2. The molecule has 7 nitrogen and oxygen atoms in total. The van der Waals surface area contributed by atoms with E-state index in [-0.39, 0.29) is 5.82 Å². The van der Waals surface area contributed by atoms with Crippen LogP contribution < -0.4 is 20.3 Å². The van der Waals surface area contributed by atoms with Gasteiger partial charge in [-0.2, -0.15) is 15.0 Å². The molecular weight excluding hydrogens is 371 g/mol. The first kappa shape index (κ1) is 18.9. The van der Waals surface area contributed by atoms with Gasteiger partial charge in [-0.05, 0) is 68.3 Å². The van der Waals surface area contributed by atoms with Crippen molar-refractivity contribution in [1.82, 2.24) is 15.0 Å². The minimum absolute atomic E-state index is 0.290. The van der Waals surface area contributed by atoms with E-state index in [0.717, 1.165) is 37.4 Å². The van der Waals surface area contributed by atoms with E-state index in [9.17, 15) is 4.39 Å². The van der Waals surface area contributed by atoms with Crippen LogP contribution in [0, 0.1) is 5.82 Å². The van der Waals surface area contributed by atoms with Crippen LogP contribution in [-0.2, 0) is 0 Å². The third-order valence-corrected chi connectivity index (χ3v) is 4.53. The van der Waals surface area contributed by atoms with Gasteiger partial charge in [0.05, 0.1) is 6.61 Å². The lowest BCUT2D eigenvalue weighted by Crippen LogP contribution is -2.21. The first-order valence-corrected chi connectivity index (χ1v) is 9.73. The lowest BCUT2D eigenvalue weighted by molar-refractivity contribution is 0.340. The van der Waals surface area contributed by atoms with Gasteiger partial charge in [0, 0.05) is 24.5 Å². The van der Waals surface area contributed by atoms with Crippen molar-refractivity contribution < 1.29 is 9.13 Å². The molecule has 29 heavy (non-hydrogen) atoms. The van der Waals surface area contributed by atoms with Crippen molar-refractivity contribution in [2.24, 2.45) is 0 Å². The van der Waals surface area contributed by atoms with Crippen LogP contribution in [0.15, 0.2) is 48.5 Å². The van der Waals surface area contributed by atoms with Crippen molar-refractivity contribution in [3.63, 3.8) is 0 Å². The van der Waals surface area contributed by atoms with E-state index in [1.165, 1.54) is 12.1 Å². The largest absolute Gasteiger partial charge is 0.494 e. The monoisotopic (exact) mass is 394 g/mol. The van der Waals surface area contributed by atoms with Gasteiger partial charge in [-0.25, -0.2) is 4.39 Å². The van der Waals surface area contributed by atoms with Gasteiger partial charge in [0.25, 0.3) is 0 Å².